The molecular formula is C17H27I3N4O4. The molecule has 0 saturated carbocycles. The summed E-state index contributed by atoms with van der Waals surface area (Å²) in [6, 6.07) is 0. The van der Waals surface area contributed by atoms with Crippen molar-refractivity contribution in [3.63, 3.8) is 0 Å². The zero-order valence-electron chi connectivity index (χ0n) is 16.0. The maximum Gasteiger partial charge on any atom is 0.206 e. The van der Waals surface area contributed by atoms with Gasteiger partial charge in [0.2, 0.25) is 11.4 Å². The Morgan fingerprint density at radius 2 is 0.750 bits per heavy atom. The minimum absolute atomic E-state index is 0.0744. The van der Waals surface area contributed by atoms with Gasteiger partial charge in [0.15, 0.2) is 0 Å². The van der Waals surface area contributed by atoms with Crippen molar-refractivity contribution in [2.24, 2.45) is 0 Å². The van der Waals surface area contributed by atoms with E-state index in [1.54, 1.807) is 74.7 Å². The van der Waals surface area contributed by atoms with E-state index in [1.165, 1.54) is 0 Å². The van der Waals surface area contributed by atoms with Crippen LogP contribution in [0.4, 0.5) is 0 Å². The summed E-state index contributed by atoms with van der Waals surface area (Å²) < 4.78 is 0.225. The van der Waals surface area contributed by atoms with Crippen molar-refractivity contribution in [3.05, 3.63) is 0 Å². The summed E-state index contributed by atoms with van der Waals surface area (Å²) in [5.41, 5.74) is 0. The highest BCUT2D eigenvalue weighted by atomic mass is 127. The average molecular weight is 732 g/mol. The van der Waals surface area contributed by atoms with Crippen molar-refractivity contribution in [3.8, 4) is 0 Å². The molecule has 8 nitrogen and oxygen atoms in total. The fourth-order valence-electron chi connectivity index (χ4n) is 3.05. The van der Waals surface area contributed by atoms with Gasteiger partial charge >= 0.3 is 0 Å². The third kappa shape index (κ3) is 13.1. The maximum atomic E-state index is 11.6. The minimum Gasteiger partial charge on any atom is -0.299 e. The normalized spacial score (nSPS) is 19.6. The first-order valence-corrected chi connectivity index (χ1v) is 12.3. The zero-order valence-corrected chi connectivity index (χ0v) is 22.5. The number of carbonyl (C=O) groups is 4. The number of ketones is 1. The van der Waals surface area contributed by atoms with Crippen LogP contribution in [0.2, 0.25) is 0 Å². The van der Waals surface area contributed by atoms with Crippen LogP contribution in [0.3, 0.4) is 0 Å². The second kappa shape index (κ2) is 14.7. The molecule has 0 spiro atoms. The molecule has 160 valence electrons. The quantitative estimate of drug-likeness (QED) is 0.267. The predicted octanol–water partition coefficient (Wildman–Crippen LogP) is 0.682. The molecule has 1 heterocycles. The first-order chi connectivity index (χ1) is 13.2. The Morgan fingerprint density at radius 3 is 0.929 bits per heavy atom. The van der Waals surface area contributed by atoms with E-state index in [0.717, 1.165) is 0 Å². The van der Waals surface area contributed by atoms with Gasteiger partial charge in [-0.3, -0.25) is 38.8 Å². The Balaban J connectivity index is 2.90. The van der Waals surface area contributed by atoms with Crippen molar-refractivity contribution in [1.29, 1.82) is 0 Å². The molecule has 0 unspecified atom stereocenters. The molecule has 0 N–H and O–H groups in total. The standard InChI is InChI=1S/C17H27I3N4O4/c1-14(25)10-21-2-4-22(11-15(18)26)6-8-24(13-17(20)28)9-7-23(5-3-21)12-16(19)27/h2-13H2,1H3. The van der Waals surface area contributed by atoms with Crippen molar-refractivity contribution >= 4 is 84.9 Å². The van der Waals surface area contributed by atoms with Gasteiger partial charge in [0.1, 0.15) is 5.78 Å². The fraction of sp³-hybridized carbons (Fsp3) is 0.765. The monoisotopic (exact) mass is 732 g/mol. The maximum absolute atomic E-state index is 11.6. The lowest BCUT2D eigenvalue weighted by Gasteiger charge is -2.33. The lowest BCUT2D eigenvalue weighted by molar-refractivity contribution is -0.118. The average Bonchev–Trinajstić information content (AvgIpc) is 2.55. The smallest absolute Gasteiger partial charge is 0.206 e. The summed E-state index contributed by atoms with van der Waals surface area (Å²) in [7, 11) is 0. The van der Waals surface area contributed by atoms with Crippen LogP contribution in [0.15, 0.2) is 0 Å². The summed E-state index contributed by atoms with van der Waals surface area (Å²) in [5.74, 6) is 0.104. The number of halogens is 3. The van der Waals surface area contributed by atoms with Gasteiger partial charge in [-0.15, -0.1) is 0 Å². The number of carbonyl (C=O) groups excluding carboxylic acids is 4. The van der Waals surface area contributed by atoms with Gasteiger partial charge in [0.25, 0.3) is 0 Å². The molecule has 11 heteroatoms. The Kier molecular flexibility index (Phi) is 14.0. The number of Topliss-reactive ketones (excluding diaryl/α,β-unsaturated/α-hetero) is 1. The van der Waals surface area contributed by atoms with Gasteiger partial charge in [-0.2, -0.15) is 0 Å². The highest BCUT2D eigenvalue weighted by Gasteiger charge is 2.19. The summed E-state index contributed by atoms with van der Waals surface area (Å²) >= 11 is 5.42. The van der Waals surface area contributed by atoms with Gasteiger partial charge in [-0.1, -0.05) is 0 Å². The van der Waals surface area contributed by atoms with Crippen molar-refractivity contribution in [1.82, 2.24) is 19.6 Å². The molecular weight excluding hydrogens is 705 g/mol. The van der Waals surface area contributed by atoms with E-state index in [2.05, 4.69) is 19.6 Å². The van der Waals surface area contributed by atoms with Crippen LogP contribution >= 0.6 is 67.8 Å². The second-order valence-corrected chi connectivity index (χ2v) is 10.5. The van der Waals surface area contributed by atoms with E-state index in [1.807, 2.05) is 0 Å². The third-order valence-corrected chi connectivity index (χ3v) is 5.44. The lowest BCUT2D eigenvalue weighted by Crippen LogP contribution is -2.48. The van der Waals surface area contributed by atoms with Crippen LogP contribution in [-0.4, -0.2) is 115 Å². The van der Waals surface area contributed by atoms with Crippen LogP contribution in [0.25, 0.3) is 0 Å². The molecule has 1 rings (SSSR count). The highest BCUT2D eigenvalue weighted by Crippen LogP contribution is 2.04. The van der Waals surface area contributed by atoms with Gasteiger partial charge < -0.3 is 0 Å². The van der Waals surface area contributed by atoms with Crippen LogP contribution in [0, 0.1) is 0 Å². The molecule has 0 radical (unpaired) electrons. The topological polar surface area (TPSA) is 81.2 Å². The second-order valence-electron chi connectivity index (χ2n) is 6.87. The summed E-state index contributed by atoms with van der Waals surface area (Å²) in [6.45, 7) is 8.45. The largest absolute Gasteiger partial charge is 0.299 e. The van der Waals surface area contributed by atoms with Gasteiger partial charge in [-0.25, -0.2) is 0 Å². The van der Waals surface area contributed by atoms with Crippen LogP contribution in [-0.2, 0) is 19.2 Å². The molecule has 1 aliphatic rings. The molecule has 0 bridgehead atoms. The number of rotatable bonds is 8. The van der Waals surface area contributed by atoms with Crippen molar-refractivity contribution in [2.75, 3.05) is 78.5 Å². The number of nitrogens with zero attached hydrogens (tertiary/aromatic N) is 4. The van der Waals surface area contributed by atoms with Crippen LogP contribution < -0.4 is 0 Å². The fourth-order valence-corrected chi connectivity index (χ4v) is 4.50. The summed E-state index contributed by atoms with van der Waals surface area (Å²) in [6.07, 6.45) is 0. The molecule has 0 atom stereocenters. The number of hydrogen-bond acceptors (Lipinski definition) is 8. The zero-order chi connectivity index (χ0) is 21.1. The first-order valence-electron chi connectivity index (χ1n) is 9.09. The highest BCUT2D eigenvalue weighted by molar-refractivity contribution is 14.1. The van der Waals surface area contributed by atoms with E-state index in [-0.39, 0.29) is 17.2 Å². The Labute approximate surface area is 207 Å². The third-order valence-electron chi connectivity index (χ3n) is 4.42. The van der Waals surface area contributed by atoms with Gasteiger partial charge in [-0.05, 0) is 6.92 Å². The Hall–Kier alpha value is 0.710. The van der Waals surface area contributed by atoms with E-state index >= 15 is 0 Å². The van der Waals surface area contributed by atoms with Gasteiger partial charge in [0.05, 0.1) is 26.2 Å². The van der Waals surface area contributed by atoms with Crippen LogP contribution in [0.5, 0.6) is 0 Å². The van der Waals surface area contributed by atoms with E-state index < -0.39 is 0 Å². The lowest BCUT2D eigenvalue weighted by atomic mass is 10.3. The summed E-state index contributed by atoms with van der Waals surface area (Å²) in [4.78, 5) is 54.8. The van der Waals surface area contributed by atoms with Gasteiger partial charge in [0, 0.05) is 120 Å². The van der Waals surface area contributed by atoms with Crippen LogP contribution in [0.1, 0.15) is 6.92 Å². The van der Waals surface area contributed by atoms with Crippen molar-refractivity contribution < 1.29 is 19.2 Å². The molecule has 0 aromatic heterocycles. The summed E-state index contributed by atoms with van der Waals surface area (Å²) in [5, 5.41) is 0. The van der Waals surface area contributed by atoms with E-state index in [9.17, 15) is 19.2 Å². The molecule has 1 fully saturated rings. The molecule has 28 heavy (non-hydrogen) atoms. The first kappa shape index (κ1) is 26.7. The SMILES string of the molecule is CC(=O)CN1CCN(CC(=O)I)CCN(CC(=O)I)CCN(CC(=O)I)CC1. The van der Waals surface area contributed by atoms with E-state index in [4.69, 9.17) is 0 Å². The molecule has 1 aliphatic heterocycles. The molecule has 0 aliphatic carbocycles. The molecule has 0 aromatic carbocycles. The number of hydrogen-bond donors (Lipinski definition) is 0. The Morgan fingerprint density at radius 1 is 0.536 bits per heavy atom. The van der Waals surface area contributed by atoms with E-state index in [0.29, 0.717) is 78.5 Å². The Bertz CT molecular complexity index is 453. The molecule has 0 aromatic rings. The van der Waals surface area contributed by atoms with Crippen molar-refractivity contribution in [2.45, 2.75) is 6.92 Å². The molecule has 1 saturated heterocycles. The predicted molar refractivity (Wildman–Crippen MR) is 134 cm³/mol. The molecule has 0 amide bonds. The minimum atomic E-state index is 0.0744.